The summed E-state index contributed by atoms with van der Waals surface area (Å²) in [5.41, 5.74) is 1.15. The first kappa shape index (κ1) is 14.3. The third kappa shape index (κ3) is 3.26. The minimum atomic E-state index is -1.08. The van der Waals surface area contributed by atoms with Crippen LogP contribution < -0.4 is 4.72 Å². The smallest absolute Gasteiger partial charge is 0.136 e. The number of nitrogens with zero attached hydrogens (tertiary/aromatic N) is 1. The molecule has 19 heavy (non-hydrogen) atoms. The zero-order chi connectivity index (χ0) is 14.0. The first-order chi connectivity index (χ1) is 8.89. The normalized spacial score (nSPS) is 15.4. The second-order valence-electron chi connectivity index (χ2n) is 5.66. The first-order valence-electron chi connectivity index (χ1n) is 6.40. The van der Waals surface area contributed by atoms with E-state index in [4.69, 9.17) is 0 Å². The van der Waals surface area contributed by atoms with Crippen LogP contribution in [0.4, 0.5) is 0 Å². The quantitative estimate of drug-likeness (QED) is 0.875. The Morgan fingerprint density at radius 1 is 1.26 bits per heavy atom. The number of pyridine rings is 1. The molecule has 2 rings (SSSR count). The Morgan fingerprint density at radius 2 is 2.00 bits per heavy atom. The number of hydrogen-bond acceptors (Lipinski definition) is 3. The fourth-order valence-corrected chi connectivity index (χ4v) is 2.73. The van der Waals surface area contributed by atoms with Gasteiger partial charge in [0.25, 0.3) is 0 Å². The molecule has 1 aromatic heterocycles. The van der Waals surface area contributed by atoms with Gasteiger partial charge in [0.1, 0.15) is 4.75 Å². The van der Waals surface area contributed by atoms with Gasteiger partial charge in [-0.2, -0.15) is 0 Å². The van der Waals surface area contributed by atoms with Crippen LogP contribution in [0.2, 0.25) is 0 Å². The molecule has 2 atom stereocenters. The van der Waals surface area contributed by atoms with Crippen molar-refractivity contribution in [2.45, 2.75) is 38.5 Å². The van der Waals surface area contributed by atoms with Crippen molar-refractivity contribution in [2.75, 3.05) is 0 Å². The molecule has 0 aliphatic rings. The molecule has 0 bridgehead atoms. The van der Waals surface area contributed by atoms with Crippen LogP contribution in [0.15, 0.2) is 36.7 Å². The van der Waals surface area contributed by atoms with Crippen molar-refractivity contribution < 1.29 is 4.55 Å². The highest BCUT2D eigenvalue weighted by Gasteiger charge is 2.28. The molecule has 1 aromatic carbocycles. The van der Waals surface area contributed by atoms with Gasteiger partial charge in [-0.1, -0.05) is 18.2 Å². The summed E-state index contributed by atoms with van der Waals surface area (Å²) < 4.78 is 15.1. The summed E-state index contributed by atoms with van der Waals surface area (Å²) >= 11 is -1.08. The van der Waals surface area contributed by atoms with Crippen molar-refractivity contribution in [3.05, 3.63) is 42.2 Å². The van der Waals surface area contributed by atoms with E-state index in [-0.39, 0.29) is 10.8 Å². The van der Waals surface area contributed by atoms with Gasteiger partial charge in [0.05, 0.1) is 6.04 Å². The molecule has 1 heterocycles. The van der Waals surface area contributed by atoms with Gasteiger partial charge in [0.15, 0.2) is 0 Å². The van der Waals surface area contributed by atoms with Gasteiger partial charge in [-0.25, -0.2) is 0 Å². The third-order valence-electron chi connectivity index (χ3n) is 3.02. The van der Waals surface area contributed by atoms with Gasteiger partial charge >= 0.3 is 0 Å². The Balaban J connectivity index is 2.29. The second kappa shape index (κ2) is 5.49. The number of nitrogens with one attached hydrogen (secondary N) is 1. The minimum absolute atomic E-state index is 0.0335. The van der Waals surface area contributed by atoms with Gasteiger partial charge < -0.3 is 4.55 Å². The fourth-order valence-electron chi connectivity index (χ4n) is 1.93. The summed E-state index contributed by atoms with van der Waals surface area (Å²) in [6.45, 7) is 7.94. The van der Waals surface area contributed by atoms with Gasteiger partial charge in [0, 0.05) is 29.1 Å². The lowest BCUT2D eigenvalue weighted by atomic mass is 10.0. The zero-order valence-electron chi connectivity index (χ0n) is 11.8. The number of hydrogen-bond donors (Lipinski definition) is 1. The average molecular weight is 276 g/mol. The van der Waals surface area contributed by atoms with E-state index in [1.165, 1.54) is 0 Å². The molecule has 0 amide bonds. The number of benzene rings is 1. The fraction of sp³-hybridized carbons (Fsp3) is 0.400. The van der Waals surface area contributed by atoms with Crippen LogP contribution in [0, 0.1) is 0 Å². The van der Waals surface area contributed by atoms with Gasteiger partial charge in [0.2, 0.25) is 0 Å². The molecule has 0 aliphatic carbocycles. The van der Waals surface area contributed by atoms with Crippen molar-refractivity contribution in [3.63, 3.8) is 0 Å². The lowest BCUT2D eigenvalue weighted by molar-refractivity contribution is 0.532. The second-order valence-corrected chi connectivity index (χ2v) is 7.66. The molecule has 2 aromatic rings. The molecule has 0 spiro atoms. The molecule has 0 saturated heterocycles. The Morgan fingerprint density at radius 3 is 2.68 bits per heavy atom. The molecule has 3 nitrogen and oxygen atoms in total. The van der Waals surface area contributed by atoms with Crippen molar-refractivity contribution in [1.29, 1.82) is 0 Å². The molecule has 102 valence electrons. The maximum absolute atomic E-state index is 12.2. The summed E-state index contributed by atoms with van der Waals surface area (Å²) in [4.78, 5) is 4.13. The Kier molecular flexibility index (Phi) is 4.13. The molecule has 0 fully saturated rings. The molecular formula is C15H20N2OS. The molecule has 0 saturated carbocycles. The first-order valence-corrected chi connectivity index (χ1v) is 7.55. The zero-order valence-corrected chi connectivity index (χ0v) is 12.6. The average Bonchev–Trinajstić information content (AvgIpc) is 2.36. The largest absolute Gasteiger partial charge is 0.598 e. The van der Waals surface area contributed by atoms with Crippen molar-refractivity contribution in [3.8, 4) is 0 Å². The van der Waals surface area contributed by atoms with Crippen LogP contribution in [0.25, 0.3) is 10.8 Å². The number of aromatic nitrogens is 1. The Hall–Kier alpha value is -1.10. The Bertz CT molecular complexity index is 560. The highest BCUT2D eigenvalue weighted by molar-refractivity contribution is 7.90. The lowest BCUT2D eigenvalue weighted by Gasteiger charge is -2.27. The van der Waals surface area contributed by atoms with Crippen molar-refractivity contribution in [1.82, 2.24) is 9.71 Å². The van der Waals surface area contributed by atoms with Crippen LogP contribution in [0.1, 0.15) is 39.3 Å². The maximum Gasteiger partial charge on any atom is 0.136 e. The highest BCUT2D eigenvalue weighted by Crippen LogP contribution is 2.25. The SMILES string of the molecule is C[C@H](N[S@+]([O-])C(C)(C)C)c1cccc2cnccc12. The van der Waals surface area contributed by atoms with E-state index in [1.807, 2.05) is 52.1 Å². The van der Waals surface area contributed by atoms with Gasteiger partial charge in [-0.05, 0) is 44.7 Å². The minimum Gasteiger partial charge on any atom is -0.598 e. The standard InChI is InChI=1S/C15H20N2OS/c1-11(17-19(18)15(2,3)4)13-7-5-6-12-10-16-9-8-14(12)13/h5-11,17H,1-4H3/t11-,19+/m0/s1. The van der Waals surface area contributed by atoms with E-state index in [9.17, 15) is 4.55 Å². The predicted octanol–water partition coefficient (Wildman–Crippen LogP) is 3.35. The van der Waals surface area contributed by atoms with E-state index in [0.29, 0.717) is 0 Å². The lowest BCUT2D eigenvalue weighted by Crippen LogP contribution is -2.40. The summed E-state index contributed by atoms with van der Waals surface area (Å²) in [5.74, 6) is 0. The molecular weight excluding hydrogens is 256 g/mol. The summed E-state index contributed by atoms with van der Waals surface area (Å²) in [6.07, 6.45) is 3.64. The van der Waals surface area contributed by atoms with E-state index < -0.39 is 11.4 Å². The number of rotatable bonds is 3. The maximum atomic E-state index is 12.2. The van der Waals surface area contributed by atoms with E-state index in [1.54, 1.807) is 6.20 Å². The molecule has 0 radical (unpaired) electrons. The topological polar surface area (TPSA) is 48.0 Å². The third-order valence-corrected chi connectivity index (χ3v) is 4.70. The van der Waals surface area contributed by atoms with Crippen LogP contribution >= 0.6 is 0 Å². The van der Waals surface area contributed by atoms with Gasteiger partial charge in [-0.3, -0.25) is 4.98 Å². The molecule has 0 aliphatic heterocycles. The highest BCUT2D eigenvalue weighted by atomic mass is 32.2. The van der Waals surface area contributed by atoms with Crippen molar-refractivity contribution >= 4 is 22.1 Å². The van der Waals surface area contributed by atoms with E-state index in [2.05, 4.69) is 15.8 Å². The van der Waals surface area contributed by atoms with Crippen LogP contribution in [-0.2, 0) is 11.4 Å². The number of fused-ring (bicyclic) bond motifs is 1. The van der Waals surface area contributed by atoms with Crippen LogP contribution in [0.3, 0.4) is 0 Å². The van der Waals surface area contributed by atoms with Crippen LogP contribution in [-0.4, -0.2) is 14.3 Å². The van der Waals surface area contributed by atoms with Crippen molar-refractivity contribution in [2.24, 2.45) is 0 Å². The Labute approximate surface area is 117 Å². The summed E-state index contributed by atoms with van der Waals surface area (Å²) in [7, 11) is 0. The molecule has 0 unspecified atom stereocenters. The van der Waals surface area contributed by atoms with Gasteiger partial charge in [-0.15, -0.1) is 4.72 Å². The van der Waals surface area contributed by atoms with Crippen LogP contribution in [0.5, 0.6) is 0 Å². The van der Waals surface area contributed by atoms with E-state index >= 15 is 0 Å². The summed E-state index contributed by atoms with van der Waals surface area (Å²) in [5, 5.41) is 2.26. The molecule has 1 N–H and O–H groups in total. The predicted molar refractivity (Wildman–Crippen MR) is 81.2 cm³/mol. The van der Waals surface area contributed by atoms with E-state index in [0.717, 1.165) is 16.3 Å². The monoisotopic (exact) mass is 276 g/mol. The molecule has 4 heteroatoms. The summed E-state index contributed by atoms with van der Waals surface area (Å²) in [6, 6.07) is 8.16.